The molecule has 2 aromatic carbocycles. The number of ether oxygens (including phenoxy) is 6. The highest BCUT2D eigenvalue weighted by atomic mass is 28.4. The van der Waals surface area contributed by atoms with Gasteiger partial charge >= 0.3 is 0 Å². The number of methoxy groups -OCH3 is 6. The average molecular weight is 605 g/mol. The molecule has 0 bridgehead atoms. The topological polar surface area (TPSA) is 84.8 Å². The van der Waals surface area contributed by atoms with Crippen LogP contribution in [0, 0.1) is 5.92 Å². The minimum Gasteiger partial charge on any atom is -0.493 e. The van der Waals surface area contributed by atoms with E-state index in [2.05, 4.69) is 48.1 Å². The van der Waals surface area contributed by atoms with Crippen molar-refractivity contribution in [3.63, 3.8) is 0 Å². The fraction of sp³-hybridized carbons (Fsp3) is 0.576. The lowest BCUT2D eigenvalue weighted by atomic mass is 9.86. The first-order chi connectivity index (χ1) is 19.8. The molecule has 0 aromatic heterocycles. The third-order valence-electron chi connectivity index (χ3n) is 8.46. The summed E-state index contributed by atoms with van der Waals surface area (Å²) in [5, 5.41) is 12.0. The summed E-state index contributed by atoms with van der Waals surface area (Å²) in [5.41, 5.74) is 3.99. The minimum atomic E-state index is -2.12. The van der Waals surface area contributed by atoms with Gasteiger partial charge in [-0.15, -0.1) is 0 Å². The van der Waals surface area contributed by atoms with Gasteiger partial charge in [0.05, 0.1) is 55.4 Å². The van der Waals surface area contributed by atoms with Crippen molar-refractivity contribution in [2.75, 3.05) is 49.3 Å². The summed E-state index contributed by atoms with van der Waals surface area (Å²) in [5.74, 6) is 2.26. The van der Waals surface area contributed by atoms with Crippen molar-refractivity contribution in [2.24, 2.45) is 5.92 Å². The molecule has 9 heteroatoms. The smallest absolute Gasteiger partial charge is 0.203 e. The number of rotatable bonds is 16. The molecule has 0 radical (unpaired) electrons. The van der Waals surface area contributed by atoms with E-state index in [1.54, 1.807) is 48.7 Å². The molecule has 1 N–H and O–H groups in total. The van der Waals surface area contributed by atoms with Gasteiger partial charge in [0.2, 0.25) is 19.8 Å². The standard InChI is InChI=1S/C33H52O8Si/c1-19(2)42(20(3)4,21(5)6)41-18-22(7)23(8)30(34)25-17-28(37-11)32(39-13)33(40-14)29(25)24-15-26(35-9)31(38-12)27(16-24)36-10/h15-17,19-21,23,30,34H,7,18H2,1-6,8-14H3/t23-,30+/m0/s1. The maximum atomic E-state index is 12.0. The van der Waals surface area contributed by atoms with Crippen LogP contribution in [-0.4, -0.2) is 62.7 Å². The van der Waals surface area contributed by atoms with E-state index in [0.717, 1.165) is 5.57 Å². The first kappa shape index (κ1) is 35.3. The van der Waals surface area contributed by atoms with Gasteiger partial charge in [0, 0.05) is 11.5 Å². The van der Waals surface area contributed by atoms with E-state index in [9.17, 15) is 5.11 Å². The van der Waals surface area contributed by atoms with Crippen LogP contribution in [0.4, 0.5) is 0 Å². The summed E-state index contributed by atoms with van der Waals surface area (Å²) in [6, 6.07) is 5.42. The van der Waals surface area contributed by atoms with Crippen LogP contribution >= 0.6 is 0 Å². The summed E-state index contributed by atoms with van der Waals surface area (Å²) < 4.78 is 40.9. The van der Waals surface area contributed by atoms with Gasteiger partial charge in [0.15, 0.2) is 23.0 Å². The van der Waals surface area contributed by atoms with Gasteiger partial charge in [-0.3, -0.25) is 0 Å². The van der Waals surface area contributed by atoms with Crippen LogP contribution in [0.3, 0.4) is 0 Å². The fourth-order valence-electron chi connectivity index (χ4n) is 6.27. The monoisotopic (exact) mass is 604 g/mol. The lowest BCUT2D eigenvalue weighted by Crippen LogP contribution is -2.48. The second-order valence-corrected chi connectivity index (χ2v) is 17.0. The van der Waals surface area contributed by atoms with Crippen LogP contribution in [0.1, 0.15) is 60.1 Å². The molecule has 0 unspecified atom stereocenters. The maximum Gasteiger partial charge on any atom is 0.203 e. The third-order valence-corrected chi connectivity index (χ3v) is 14.5. The molecule has 0 saturated heterocycles. The van der Waals surface area contributed by atoms with Crippen molar-refractivity contribution >= 4 is 8.32 Å². The largest absolute Gasteiger partial charge is 0.493 e. The first-order valence-corrected chi connectivity index (χ1v) is 16.6. The Hall–Kier alpha value is -2.88. The highest BCUT2D eigenvalue weighted by molar-refractivity contribution is 6.77. The second-order valence-electron chi connectivity index (χ2n) is 11.5. The van der Waals surface area contributed by atoms with Gasteiger partial charge in [-0.05, 0) is 51.5 Å². The second kappa shape index (κ2) is 15.0. The number of aliphatic hydroxyl groups excluding tert-OH is 1. The van der Waals surface area contributed by atoms with Crippen LogP contribution in [0.5, 0.6) is 34.5 Å². The first-order valence-electron chi connectivity index (χ1n) is 14.4. The number of hydrogen-bond donors (Lipinski definition) is 1. The van der Waals surface area contributed by atoms with E-state index < -0.39 is 14.4 Å². The molecular weight excluding hydrogens is 552 g/mol. The molecule has 0 aliphatic rings. The quantitative estimate of drug-likeness (QED) is 0.153. The summed E-state index contributed by atoms with van der Waals surface area (Å²) in [7, 11) is 7.20. The van der Waals surface area contributed by atoms with E-state index in [0.29, 0.717) is 74.4 Å². The molecule has 0 aliphatic heterocycles. The normalized spacial score (nSPS) is 13.3. The van der Waals surface area contributed by atoms with E-state index >= 15 is 0 Å². The van der Waals surface area contributed by atoms with E-state index in [1.165, 1.54) is 0 Å². The number of hydrogen-bond acceptors (Lipinski definition) is 8. The minimum absolute atomic E-state index is 0.355. The van der Waals surface area contributed by atoms with Crippen molar-refractivity contribution in [1.82, 2.24) is 0 Å². The molecule has 236 valence electrons. The molecule has 2 aromatic rings. The molecule has 8 nitrogen and oxygen atoms in total. The highest BCUT2D eigenvalue weighted by Crippen LogP contribution is 2.52. The molecule has 2 atom stereocenters. The molecule has 0 spiro atoms. The Balaban J connectivity index is 2.72. The zero-order valence-electron chi connectivity index (χ0n) is 27.8. The summed E-state index contributed by atoms with van der Waals surface area (Å²) in [4.78, 5) is 0. The Kier molecular flexibility index (Phi) is 12.6. The van der Waals surface area contributed by atoms with Gasteiger partial charge in [0.25, 0.3) is 0 Å². The van der Waals surface area contributed by atoms with Gasteiger partial charge in [-0.2, -0.15) is 0 Å². The predicted molar refractivity (Wildman–Crippen MR) is 171 cm³/mol. The Morgan fingerprint density at radius 3 is 1.48 bits per heavy atom. The van der Waals surface area contributed by atoms with E-state index in [1.807, 2.05) is 19.1 Å². The SMILES string of the molecule is C=C(CO[Si](C(C)C)(C(C)C)C(C)C)[C@H](C)[C@@H](O)c1cc(OC)c(OC)c(OC)c1-c1cc(OC)c(OC)c(OC)c1. The zero-order valence-corrected chi connectivity index (χ0v) is 28.8. The van der Waals surface area contributed by atoms with Gasteiger partial charge in [-0.1, -0.05) is 55.0 Å². The van der Waals surface area contributed by atoms with Crippen molar-refractivity contribution < 1.29 is 38.0 Å². The Bertz CT molecular complexity index is 1160. The third kappa shape index (κ3) is 6.68. The predicted octanol–water partition coefficient (Wildman–Crippen LogP) is 7.82. The lowest BCUT2D eigenvalue weighted by Gasteiger charge is -2.42. The number of benzene rings is 2. The molecule has 2 rings (SSSR count). The summed E-state index contributed by atoms with van der Waals surface area (Å²) >= 11 is 0. The van der Waals surface area contributed by atoms with Crippen molar-refractivity contribution in [3.8, 4) is 45.6 Å². The number of aliphatic hydroxyl groups is 1. The van der Waals surface area contributed by atoms with Gasteiger partial charge < -0.3 is 38.0 Å². The lowest BCUT2D eigenvalue weighted by molar-refractivity contribution is 0.127. The van der Waals surface area contributed by atoms with Crippen LogP contribution in [0.25, 0.3) is 11.1 Å². The Morgan fingerprint density at radius 2 is 1.10 bits per heavy atom. The maximum absolute atomic E-state index is 12.0. The molecule has 0 amide bonds. The molecule has 0 heterocycles. The highest BCUT2D eigenvalue weighted by Gasteiger charge is 2.45. The van der Waals surface area contributed by atoms with Crippen molar-refractivity contribution in [3.05, 3.63) is 35.9 Å². The average Bonchev–Trinajstić information content (AvgIpc) is 2.97. The van der Waals surface area contributed by atoms with Gasteiger partial charge in [-0.25, -0.2) is 0 Å². The molecule has 0 fully saturated rings. The summed E-state index contributed by atoms with van der Waals surface area (Å²) in [6.45, 7) is 20.3. The van der Waals surface area contributed by atoms with Crippen LogP contribution < -0.4 is 28.4 Å². The van der Waals surface area contributed by atoms with E-state index in [4.69, 9.17) is 32.8 Å². The summed E-state index contributed by atoms with van der Waals surface area (Å²) in [6.07, 6.45) is -0.975. The Labute approximate surface area is 254 Å². The fourth-order valence-corrected chi connectivity index (χ4v) is 11.7. The van der Waals surface area contributed by atoms with Crippen molar-refractivity contribution in [1.29, 1.82) is 0 Å². The molecule has 0 aliphatic carbocycles. The Morgan fingerprint density at radius 1 is 0.667 bits per heavy atom. The zero-order chi connectivity index (χ0) is 31.9. The molecular formula is C33H52O8Si. The van der Waals surface area contributed by atoms with Crippen molar-refractivity contribution in [2.45, 2.75) is 71.2 Å². The van der Waals surface area contributed by atoms with Gasteiger partial charge in [0.1, 0.15) is 0 Å². The van der Waals surface area contributed by atoms with Crippen LogP contribution in [0.15, 0.2) is 30.4 Å². The van der Waals surface area contributed by atoms with Crippen LogP contribution in [-0.2, 0) is 4.43 Å². The molecule has 42 heavy (non-hydrogen) atoms. The van der Waals surface area contributed by atoms with E-state index in [-0.39, 0.29) is 5.92 Å². The van der Waals surface area contributed by atoms with Crippen LogP contribution in [0.2, 0.25) is 16.6 Å². The molecule has 0 saturated carbocycles.